The Labute approximate surface area is 135 Å². The highest BCUT2D eigenvalue weighted by Gasteiger charge is 2.16. The lowest BCUT2D eigenvalue weighted by Crippen LogP contribution is -2.02. The Hall–Kier alpha value is -2.92. The van der Waals surface area contributed by atoms with Gasteiger partial charge in [-0.05, 0) is 42.5 Å². The molecule has 0 bridgehead atoms. The zero-order valence-corrected chi connectivity index (χ0v) is 12.4. The number of aromatic hydroxyl groups is 1. The van der Waals surface area contributed by atoms with E-state index in [0.29, 0.717) is 21.7 Å². The standard InChI is InChI=1S/C17H10ClNO4/c18-11-4-1-9(2-5-11)15(20)10-3-6-14-12(7-10)16(21)13(8-19-14)17(22)23/h1-8H,(H,19,21)(H,22,23). The molecule has 6 heteroatoms. The molecule has 0 aliphatic carbocycles. The number of hydrogen-bond donors (Lipinski definition) is 2. The molecule has 3 rings (SSSR count). The summed E-state index contributed by atoms with van der Waals surface area (Å²) in [6.07, 6.45) is 1.08. The van der Waals surface area contributed by atoms with Gasteiger partial charge in [0.15, 0.2) is 5.78 Å². The summed E-state index contributed by atoms with van der Waals surface area (Å²) in [7, 11) is 0. The molecule has 0 amide bonds. The van der Waals surface area contributed by atoms with Crippen LogP contribution >= 0.6 is 11.6 Å². The number of benzene rings is 2. The molecule has 5 nitrogen and oxygen atoms in total. The van der Waals surface area contributed by atoms with Crippen LogP contribution in [0.1, 0.15) is 26.3 Å². The van der Waals surface area contributed by atoms with Crippen LogP contribution < -0.4 is 0 Å². The molecular formula is C17H10ClNO4. The summed E-state index contributed by atoms with van der Waals surface area (Å²) in [5, 5.41) is 19.8. The number of pyridine rings is 1. The lowest BCUT2D eigenvalue weighted by Gasteiger charge is -2.06. The smallest absolute Gasteiger partial charge is 0.341 e. The average molecular weight is 328 g/mol. The fourth-order valence-corrected chi connectivity index (χ4v) is 2.37. The first kappa shape index (κ1) is 15.0. The van der Waals surface area contributed by atoms with Crippen LogP contribution in [0.4, 0.5) is 0 Å². The number of aromatic nitrogens is 1. The van der Waals surface area contributed by atoms with Gasteiger partial charge in [-0.1, -0.05) is 11.6 Å². The van der Waals surface area contributed by atoms with E-state index in [1.54, 1.807) is 36.4 Å². The molecule has 0 radical (unpaired) electrons. The van der Waals surface area contributed by atoms with Crippen molar-refractivity contribution in [1.82, 2.24) is 4.98 Å². The minimum absolute atomic E-state index is 0.213. The number of nitrogens with zero attached hydrogens (tertiary/aromatic N) is 1. The van der Waals surface area contributed by atoms with Gasteiger partial charge in [-0.25, -0.2) is 4.79 Å². The van der Waals surface area contributed by atoms with Crippen LogP contribution in [0.5, 0.6) is 5.75 Å². The normalized spacial score (nSPS) is 10.7. The summed E-state index contributed by atoms with van der Waals surface area (Å²) >= 11 is 5.80. The number of aromatic carboxylic acids is 1. The van der Waals surface area contributed by atoms with E-state index in [2.05, 4.69) is 4.98 Å². The second-order valence-electron chi connectivity index (χ2n) is 4.89. The van der Waals surface area contributed by atoms with Crippen molar-refractivity contribution in [2.45, 2.75) is 0 Å². The second-order valence-corrected chi connectivity index (χ2v) is 5.33. The van der Waals surface area contributed by atoms with Crippen molar-refractivity contribution in [3.63, 3.8) is 0 Å². The minimum Gasteiger partial charge on any atom is -0.506 e. The molecule has 0 aliphatic rings. The van der Waals surface area contributed by atoms with E-state index >= 15 is 0 Å². The Bertz CT molecular complexity index is 935. The zero-order valence-electron chi connectivity index (χ0n) is 11.7. The first-order valence-electron chi connectivity index (χ1n) is 6.62. The van der Waals surface area contributed by atoms with Gasteiger partial charge in [0.2, 0.25) is 0 Å². The van der Waals surface area contributed by atoms with Gasteiger partial charge in [-0.15, -0.1) is 0 Å². The summed E-state index contributed by atoms with van der Waals surface area (Å²) in [5.74, 6) is -1.96. The molecule has 0 spiro atoms. The van der Waals surface area contributed by atoms with Crippen molar-refractivity contribution in [2.24, 2.45) is 0 Å². The van der Waals surface area contributed by atoms with Crippen molar-refractivity contribution >= 4 is 34.3 Å². The van der Waals surface area contributed by atoms with E-state index < -0.39 is 11.7 Å². The quantitative estimate of drug-likeness (QED) is 0.719. The number of carboxylic acids is 1. The van der Waals surface area contributed by atoms with Gasteiger partial charge in [-0.3, -0.25) is 9.78 Å². The number of rotatable bonds is 3. The Morgan fingerprint density at radius 1 is 1.00 bits per heavy atom. The number of ketones is 1. The molecule has 1 aromatic heterocycles. The van der Waals surface area contributed by atoms with Crippen LogP contribution in [-0.4, -0.2) is 26.9 Å². The fourth-order valence-electron chi connectivity index (χ4n) is 2.24. The predicted molar refractivity (Wildman–Crippen MR) is 85.3 cm³/mol. The van der Waals surface area contributed by atoms with Crippen LogP contribution in [-0.2, 0) is 0 Å². The third kappa shape index (κ3) is 2.74. The predicted octanol–water partition coefficient (Wildman–Crippen LogP) is 3.52. The van der Waals surface area contributed by atoms with Gasteiger partial charge in [0.25, 0.3) is 0 Å². The molecule has 0 atom stereocenters. The molecule has 114 valence electrons. The molecule has 0 fully saturated rings. The first-order valence-corrected chi connectivity index (χ1v) is 7.00. The van der Waals surface area contributed by atoms with Crippen LogP contribution in [0.2, 0.25) is 5.02 Å². The van der Waals surface area contributed by atoms with Crippen molar-refractivity contribution in [3.8, 4) is 5.75 Å². The Morgan fingerprint density at radius 3 is 2.30 bits per heavy atom. The van der Waals surface area contributed by atoms with E-state index in [0.717, 1.165) is 6.20 Å². The summed E-state index contributed by atoms with van der Waals surface area (Å²) in [5.41, 5.74) is 0.851. The molecule has 2 aromatic carbocycles. The molecule has 0 unspecified atom stereocenters. The Balaban J connectivity index is 2.12. The molecular weight excluding hydrogens is 318 g/mol. The number of carbonyl (C=O) groups excluding carboxylic acids is 1. The summed E-state index contributed by atoms with van der Waals surface area (Å²) in [6.45, 7) is 0. The monoisotopic (exact) mass is 327 g/mol. The van der Waals surface area contributed by atoms with Crippen molar-refractivity contribution in [1.29, 1.82) is 0 Å². The third-order valence-corrected chi connectivity index (χ3v) is 3.69. The number of hydrogen-bond acceptors (Lipinski definition) is 4. The minimum atomic E-state index is -1.29. The number of carbonyl (C=O) groups is 2. The lowest BCUT2D eigenvalue weighted by molar-refractivity contribution is 0.0693. The van der Waals surface area contributed by atoms with E-state index in [9.17, 15) is 14.7 Å². The van der Waals surface area contributed by atoms with Crippen LogP contribution in [0.25, 0.3) is 10.9 Å². The number of halogens is 1. The van der Waals surface area contributed by atoms with Crippen LogP contribution in [0.15, 0.2) is 48.7 Å². The lowest BCUT2D eigenvalue weighted by atomic mass is 10.0. The molecule has 23 heavy (non-hydrogen) atoms. The van der Waals surface area contributed by atoms with E-state index in [1.165, 1.54) is 6.07 Å². The maximum atomic E-state index is 12.5. The molecule has 0 saturated heterocycles. The van der Waals surface area contributed by atoms with Crippen LogP contribution in [0.3, 0.4) is 0 Å². The SMILES string of the molecule is O=C(c1ccc(Cl)cc1)c1ccc2ncc(C(=O)O)c(O)c2c1. The summed E-state index contributed by atoms with van der Waals surface area (Å²) < 4.78 is 0. The number of fused-ring (bicyclic) bond motifs is 1. The number of carboxylic acid groups (broad SMARTS) is 1. The van der Waals surface area contributed by atoms with Gasteiger partial charge >= 0.3 is 5.97 Å². The van der Waals surface area contributed by atoms with Gasteiger partial charge in [0, 0.05) is 27.7 Å². The summed E-state index contributed by atoms with van der Waals surface area (Å²) in [4.78, 5) is 27.5. The first-order chi connectivity index (χ1) is 11.0. The third-order valence-electron chi connectivity index (χ3n) is 3.44. The molecule has 0 saturated carbocycles. The average Bonchev–Trinajstić information content (AvgIpc) is 2.55. The molecule has 0 aliphatic heterocycles. The van der Waals surface area contributed by atoms with E-state index in [4.69, 9.17) is 16.7 Å². The molecule has 2 N–H and O–H groups in total. The fraction of sp³-hybridized carbons (Fsp3) is 0. The molecule has 1 heterocycles. The maximum Gasteiger partial charge on any atom is 0.341 e. The van der Waals surface area contributed by atoms with E-state index in [-0.39, 0.29) is 16.7 Å². The van der Waals surface area contributed by atoms with E-state index in [1.807, 2.05) is 0 Å². The van der Waals surface area contributed by atoms with Crippen molar-refractivity contribution in [2.75, 3.05) is 0 Å². The maximum absolute atomic E-state index is 12.5. The van der Waals surface area contributed by atoms with Crippen molar-refractivity contribution < 1.29 is 19.8 Å². The highest BCUT2D eigenvalue weighted by atomic mass is 35.5. The Morgan fingerprint density at radius 2 is 1.65 bits per heavy atom. The van der Waals surface area contributed by atoms with Crippen LogP contribution in [0, 0.1) is 0 Å². The second kappa shape index (κ2) is 5.70. The van der Waals surface area contributed by atoms with Gasteiger partial charge < -0.3 is 10.2 Å². The zero-order chi connectivity index (χ0) is 16.6. The molecule has 3 aromatic rings. The topological polar surface area (TPSA) is 87.5 Å². The van der Waals surface area contributed by atoms with Gasteiger partial charge in [0.1, 0.15) is 11.3 Å². The Kier molecular flexibility index (Phi) is 3.72. The largest absolute Gasteiger partial charge is 0.506 e. The highest BCUT2D eigenvalue weighted by molar-refractivity contribution is 6.30. The summed E-state index contributed by atoms with van der Waals surface area (Å²) in [6, 6.07) is 11.0. The van der Waals surface area contributed by atoms with Gasteiger partial charge in [-0.2, -0.15) is 0 Å². The van der Waals surface area contributed by atoms with Gasteiger partial charge in [0.05, 0.1) is 5.52 Å². The highest BCUT2D eigenvalue weighted by Crippen LogP contribution is 2.28. The van der Waals surface area contributed by atoms with Crippen molar-refractivity contribution in [3.05, 3.63) is 70.4 Å².